The van der Waals surface area contributed by atoms with Crippen LogP contribution in [0.15, 0.2) is 36.5 Å². The van der Waals surface area contributed by atoms with Gasteiger partial charge in [-0.2, -0.15) is 5.10 Å². The van der Waals surface area contributed by atoms with Crippen LogP contribution in [0.3, 0.4) is 0 Å². The van der Waals surface area contributed by atoms with Crippen molar-refractivity contribution in [2.75, 3.05) is 0 Å². The Bertz CT molecular complexity index is 995. The van der Waals surface area contributed by atoms with Crippen molar-refractivity contribution in [1.29, 1.82) is 0 Å². The van der Waals surface area contributed by atoms with E-state index in [0.717, 1.165) is 5.56 Å². The van der Waals surface area contributed by atoms with Gasteiger partial charge in [-0.1, -0.05) is 23.7 Å². The Morgan fingerprint density at radius 1 is 1.19 bits per heavy atom. The van der Waals surface area contributed by atoms with Crippen LogP contribution in [0, 0.1) is 6.92 Å². The van der Waals surface area contributed by atoms with Crippen molar-refractivity contribution in [3.63, 3.8) is 0 Å². The zero-order valence-corrected chi connectivity index (χ0v) is 16.0. The van der Waals surface area contributed by atoms with E-state index in [-0.39, 0.29) is 18.4 Å². The van der Waals surface area contributed by atoms with Gasteiger partial charge in [-0.25, -0.2) is 9.67 Å². The maximum atomic E-state index is 12.6. The van der Waals surface area contributed by atoms with Crippen LogP contribution in [0.5, 0.6) is 0 Å². The molecular formula is C19H20ClN5O2. The monoisotopic (exact) mass is 385 g/mol. The zero-order chi connectivity index (χ0) is 19.6. The summed E-state index contributed by atoms with van der Waals surface area (Å²) in [6.07, 6.45) is 1.75. The van der Waals surface area contributed by atoms with Crippen LogP contribution in [0.2, 0.25) is 5.02 Å². The molecule has 140 valence electrons. The molecule has 2 amide bonds. The van der Waals surface area contributed by atoms with Crippen LogP contribution in [-0.2, 0) is 11.2 Å². The number of aryl methyl sites for hydroxylation is 1. The standard InChI is InChI=1S/C19H20ClN5O2/c1-11(2)25-18-16(10-21-25)15(8-12(3)22-18)19(27)24-23-17(26)9-13-4-6-14(20)7-5-13/h4-8,10-11H,9H2,1-3H3,(H,23,26)(H,24,27). The Labute approximate surface area is 161 Å². The van der Waals surface area contributed by atoms with E-state index in [2.05, 4.69) is 20.9 Å². The second-order valence-corrected chi connectivity index (χ2v) is 6.97. The molecule has 8 heteroatoms. The lowest BCUT2D eigenvalue weighted by Gasteiger charge is -2.10. The number of benzene rings is 1. The first-order chi connectivity index (χ1) is 12.8. The van der Waals surface area contributed by atoms with Gasteiger partial charge >= 0.3 is 0 Å². The van der Waals surface area contributed by atoms with Crippen molar-refractivity contribution in [1.82, 2.24) is 25.6 Å². The van der Waals surface area contributed by atoms with Gasteiger partial charge in [0, 0.05) is 16.8 Å². The summed E-state index contributed by atoms with van der Waals surface area (Å²) in [5.41, 5.74) is 7.45. The van der Waals surface area contributed by atoms with Gasteiger partial charge < -0.3 is 0 Å². The summed E-state index contributed by atoms with van der Waals surface area (Å²) >= 11 is 5.83. The molecule has 0 radical (unpaired) electrons. The Morgan fingerprint density at radius 2 is 1.89 bits per heavy atom. The second-order valence-electron chi connectivity index (χ2n) is 6.54. The third-order valence-electron chi connectivity index (χ3n) is 4.02. The first kappa shape index (κ1) is 18.8. The summed E-state index contributed by atoms with van der Waals surface area (Å²) in [7, 11) is 0. The number of hydrazine groups is 1. The molecule has 0 fully saturated rings. The van der Waals surface area contributed by atoms with Crippen LogP contribution in [0.25, 0.3) is 11.0 Å². The molecule has 0 unspecified atom stereocenters. The number of aromatic nitrogens is 3. The topological polar surface area (TPSA) is 88.9 Å². The molecule has 0 aliphatic heterocycles. The highest BCUT2D eigenvalue weighted by molar-refractivity contribution is 6.30. The fourth-order valence-corrected chi connectivity index (χ4v) is 2.86. The molecule has 0 saturated heterocycles. The van der Waals surface area contributed by atoms with E-state index in [1.54, 1.807) is 41.2 Å². The van der Waals surface area contributed by atoms with Gasteiger partial charge in [-0.15, -0.1) is 0 Å². The maximum Gasteiger partial charge on any atom is 0.270 e. The number of carbonyl (C=O) groups excluding carboxylic acids is 2. The van der Waals surface area contributed by atoms with E-state index in [4.69, 9.17) is 11.6 Å². The smallest absolute Gasteiger partial charge is 0.270 e. The Hall–Kier alpha value is -2.93. The molecule has 0 saturated carbocycles. The van der Waals surface area contributed by atoms with Gasteiger partial charge in [-0.05, 0) is 44.5 Å². The van der Waals surface area contributed by atoms with E-state index in [0.29, 0.717) is 27.3 Å². The number of pyridine rings is 1. The second kappa shape index (κ2) is 7.75. The lowest BCUT2D eigenvalue weighted by atomic mass is 10.1. The highest BCUT2D eigenvalue weighted by Crippen LogP contribution is 2.20. The van der Waals surface area contributed by atoms with Crippen molar-refractivity contribution in [3.8, 4) is 0 Å². The average molecular weight is 386 g/mol. The minimum Gasteiger partial charge on any atom is -0.273 e. The average Bonchev–Trinajstić information content (AvgIpc) is 3.05. The van der Waals surface area contributed by atoms with Crippen molar-refractivity contribution >= 4 is 34.4 Å². The van der Waals surface area contributed by atoms with Gasteiger partial charge in [0.25, 0.3) is 5.91 Å². The third-order valence-corrected chi connectivity index (χ3v) is 4.27. The van der Waals surface area contributed by atoms with E-state index in [9.17, 15) is 9.59 Å². The van der Waals surface area contributed by atoms with Gasteiger partial charge in [0.1, 0.15) is 0 Å². The molecule has 7 nitrogen and oxygen atoms in total. The quantitative estimate of drug-likeness (QED) is 0.676. The highest BCUT2D eigenvalue weighted by Gasteiger charge is 2.17. The number of fused-ring (bicyclic) bond motifs is 1. The number of amides is 2. The van der Waals surface area contributed by atoms with Crippen LogP contribution in [0.4, 0.5) is 0 Å². The molecule has 0 atom stereocenters. The number of hydrogen-bond acceptors (Lipinski definition) is 4. The normalized spacial score (nSPS) is 11.0. The lowest BCUT2D eigenvalue weighted by molar-refractivity contribution is -0.121. The number of rotatable bonds is 4. The number of hydrogen-bond donors (Lipinski definition) is 2. The van der Waals surface area contributed by atoms with Gasteiger partial charge in [0.2, 0.25) is 5.91 Å². The van der Waals surface area contributed by atoms with Crippen LogP contribution in [-0.4, -0.2) is 26.6 Å². The molecule has 0 aliphatic rings. The van der Waals surface area contributed by atoms with E-state index < -0.39 is 5.91 Å². The Balaban J connectivity index is 1.72. The third kappa shape index (κ3) is 4.25. The summed E-state index contributed by atoms with van der Waals surface area (Å²) < 4.78 is 1.76. The fourth-order valence-electron chi connectivity index (χ4n) is 2.73. The zero-order valence-electron chi connectivity index (χ0n) is 15.3. The van der Waals surface area contributed by atoms with Crippen molar-refractivity contribution in [2.24, 2.45) is 0 Å². The minimum absolute atomic E-state index is 0.117. The highest BCUT2D eigenvalue weighted by atomic mass is 35.5. The lowest BCUT2D eigenvalue weighted by Crippen LogP contribution is -2.42. The molecule has 0 aliphatic carbocycles. The molecule has 27 heavy (non-hydrogen) atoms. The van der Waals surface area contributed by atoms with Crippen molar-refractivity contribution < 1.29 is 9.59 Å². The SMILES string of the molecule is Cc1cc(C(=O)NNC(=O)Cc2ccc(Cl)cc2)c2cnn(C(C)C)c2n1. The van der Waals surface area contributed by atoms with Gasteiger partial charge in [0.15, 0.2) is 5.65 Å². The fraction of sp³-hybridized carbons (Fsp3) is 0.263. The molecule has 2 N–H and O–H groups in total. The molecule has 3 aromatic rings. The molecule has 1 aromatic carbocycles. The van der Waals surface area contributed by atoms with Gasteiger partial charge in [0.05, 0.1) is 23.6 Å². The summed E-state index contributed by atoms with van der Waals surface area (Å²) in [4.78, 5) is 29.1. The largest absolute Gasteiger partial charge is 0.273 e. The number of halogens is 1. The first-order valence-corrected chi connectivity index (χ1v) is 8.91. The summed E-state index contributed by atoms with van der Waals surface area (Å²) in [6, 6.07) is 8.75. The summed E-state index contributed by atoms with van der Waals surface area (Å²) in [6.45, 7) is 5.80. The van der Waals surface area contributed by atoms with Crippen molar-refractivity contribution in [3.05, 3.63) is 58.4 Å². The maximum absolute atomic E-state index is 12.6. The first-order valence-electron chi connectivity index (χ1n) is 8.53. The number of carbonyl (C=O) groups is 2. The van der Waals surface area contributed by atoms with E-state index >= 15 is 0 Å². The predicted molar refractivity (Wildman–Crippen MR) is 103 cm³/mol. The van der Waals surface area contributed by atoms with E-state index in [1.165, 1.54) is 0 Å². The molecule has 0 bridgehead atoms. The molecule has 2 heterocycles. The minimum atomic E-state index is -0.418. The van der Waals surface area contributed by atoms with Crippen LogP contribution < -0.4 is 10.9 Å². The Kier molecular flexibility index (Phi) is 5.41. The number of nitrogens with zero attached hydrogens (tertiary/aromatic N) is 3. The van der Waals surface area contributed by atoms with Gasteiger partial charge in [-0.3, -0.25) is 20.4 Å². The number of nitrogens with one attached hydrogen (secondary N) is 2. The molecular weight excluding hydrogens is 366 g/mol. The van der Waals surface area contributed by atoms with Crippen LogP contribution >= 0.6 is 11.6 Å². The summed E-state index contributed by atoms with van der Waals surface area (Å²) in [5.74, 6) is -0.746. The predicted octanol–water partition coefficient (Wildman–Crippen LogP) is 2.98. The molecule has 3 rings (SSSR count). The van der Waals surface area contributed by atoms with Crippen LogP contribution in [0.1, 0.15) is 41.5 Å². The van der Waals surface area contributed by atoms with Crippen molar-refractivity contribution in [2.45, 2.75) is 33.2 Å². The molecule has 0 spiro atoms. The summed E-state index contributed by atoms with van der Waals surface area (Å²) in [5, 5.41) is 5.55. The Morgan fingerprint density at radius 3 is 2.56 bits per heavy atom. The van der Waals surface area contributed by atoms with E-state index in [1.807, 2.05) is 20.8 Å². The molecule has 2 aromatic heterocycles.